The van der Waals surface area contributed by atoms with Crippen LogP contribution in [0.1, 0.15) is 16.7 Å². The minimum atomic E-state index is -0.502. The number of hydrogen-bond acceptors (Lipinski definition) is 5. The van der Waals surface area contributed by atoms with Crippen LogP contribution in [0, 0.1) is 3.57 Å². The normalized spacial score (nSPS) is 14.3. The van der Waals surface area contributed by atoms with Crippen molar-refractivity contribution in [2.24, 2.45) is 4.99 Å². The highest BCUT2D eigenvalue weighted by molar-refractivity contribution is 14.1. The van der Waals surface area contributed by atoms with E-state index in [0.717, 1.165) is 20.3 Å². The van der Waals surface area contributed by atoms with Gasteiger partial charge in [0, 0.05) is 9.13 Å². The predicted molar refractivity (Wildman–Crippen MR) is 134 cm³/mol. The lowest BCUT2D eigenvalue weighted by molar-refractivity contribution is -0.129. The van der Waals surface area contributed by atoms with Gasteiger partial charge >= 0.3 is 5.97 Å². The first kappa shape index (κ1) is 22.6. The summed E-state index contributed by atoms with van der Waals surface area (Å²) in [6, 6.07) is 18.2. The summed E-state index contributed by atoms with van der Waals surface area (Å²) < 4.78 is 17.7. The van der Waals surface area contributed by atoms with Crippen LogP contribution < -0.4 is 9.47 Å². The van der Waals surface area contributed by atoms with Crippen molar-refractivity contribution in [3.05, 3.63) is 96.7 Å². The van der Waals surface area contributed by atoms with Crippen LogP contribution in [0.15, 0.2) is 71.4 Å². The maximum atomic E-state index is 12.3. The molecule has 1 heterocycles. The largest absolute Gasteiger partial charge is 0.493 e. The van der Waals surface area contributed by atoms with Crippen LogP contribution in [-0.4, -0.2) is 19.0 Å². The molecule has 4 rings (SSSR count). The van der Waals surface area contributed by atoms with E-state index in [1.165, 1.54) is 0 Å². The molecule has 0 atom stereocenters. The molecule has 0 unspecified atom stereocenters. The minimum Gasteiger partial charge on any atom is -0.493 e. The number of rotatable bonds is 6. The van der Waals surface area contributed by atoms with Crippen molar-refractivity contribution < 1.29 is 19.0 Å². The first-order chi connectivity index (χ1) is 15.4. The van der Waals surface area contributed by atoms with Crippen LogP contribution >= 0.6 is 45.8 Å². The molecule has 0 aliphatic carbocycles. The maximum absolute atomic E-state index is 12.3. The second kappa shape index (κ2) is 9.94. The van der Waals surface area contributed by atoms with Gasteiger partial charge in [-0.15, -0.1) is 0 Å². The summed E-state index contributed by atoms with van der Waals surface area (Å²) in [6.07, 6.45) is 1.65. The van der Waals surface area contributed by atoms with Gasteiger partial charge in [0.25, 0.3) is 0 Å². The molecule has 0 saturated carbocycles. The third-order valence-electron chi connectivity index (χ3n) is 4.58. The third-order valence-corrected chi connectivity index (χ3v) is 6.04. The number of hydrogen-bond donors (Lipinski definition) is 0. The topological polar surface area (TPSA) is 57.1 Å². The highest BCUT2D eigenvalue weighted by Crippen LogP contribution is 2.31. The quantitative estimate of drug-likeness (QED) is 0.189. The van der Waals surface area contributed by atoms with Gasteiger partial charge < -0.3 is 14.2 Å². The average molecular weight is 580 g/mol. The number of aliphatic imine (C=N–C) groups is 1. The van der Waals surface area contributed by atoms with Crippen molar-refractivity contribution in [2.75, 3.05) is 7.11 Å². The summed E-state index contributed by atoms with van der Waals surface area (Å²) in [7, 11) is 1.55. The fourth-order valence-corrected chi connectivity index (χ4v) is 3.65. The summed E-state index contributed by atoms with van der Waals surface area (Å²) in [4.78, 5) is 16.6. The SMILES string of the molecule is COc1cc(/C=C2\N=C(c3ccc(I)cc3)OC2=O)ccc1OCc1ccc(Cl)c(Cl)c1. The van der Waals surface area contributed by atoms with E-state index in [1.807, 2.05) is 36.4 Å². The van der Waals surface area contributed by atoms with Gasteiger partial charge in [-0.25, -0.2) is 9.79 Å². The van der Waals surface area contributed by atoms with Crippen LogP contribution in [0.5, 0.6) is 11.5 Å². The molecule has 0 aromatic heterocycles. The molecular weight excluding hydrogens is 564 g/mol. The fraction of sp³-hybridized carbons (Fsp3) is 0.0833. The molecule has 3 aromatic carbocycles. The molecule has 0 radical (unpaired) electrons. The molecule has 32 heavy (non-hydrogen) atoms. The van der Waals surface area contributed by atoms with E-state index in [9.17, 15) is 4.79 Å². The van der Waals surface area contributed by atoms with Crippen LogP contribution in [0.25, 0.3) is 6.08 Å². The van der Waals surface area contributed by atoms with Gasteiger partial charge in [-0.05, 0) is 88.3 Å². The number of nitrogens with zero attached hydrogens (tertiary/aromatic N) is 1. The molecule has 0 fully saturated rings. The molecule has 5 nitrogen and oxygen atoms in total. The molecule has 1 aliphatic rings. The van der Waals surface area contributed by atoms with Crippen LogP contribution in [0.3, 0.4) is 0 Å². The minimum absolute atomic E-state index is 0.213. The predicted octanol–water partition coefficient (Wildman–Crippen LogP) is 6.53. The summed E-state index contributed by atoms with van der Waals surface area (Å²) >= 11 is 14.2. The Morgan fingerprint density at radius 1 is 1.00 bits per heavy atom. The zero-order chi connectivity index (χ0) is 22.7. The van der Waals surface area contributed by atoms with E-state index in [-0.39, 0.29) is 11.6 Å². The lowest BCUT2D eigenvalue weighted by atomic mass is 10.1. The Balaban J connectivity index is 1.53. The Bertz CT molecular complexity index is 1240. The number of benzene rings is 3. The van der Waals surface area contributed by atoms with E-state index < -0.39 is 5.97 Å². The van der Waals surface area contributed by atoms with Crippen molar-refractivity contribution >= 4 is 63.7 Å². The standard InChI is InChI=1S/C24H16Cl2INO4/c1-30-22-12-14(3-9-21(22)31-13-15-2-8-18(25)19(26)10-15)11-20-24(29)32-23(28-20)16-4-6-17(27)7-5-16/h2-12H,13H2,1H3/b20-11-. The van der Waals surface area contributed by atoms with Gasteiger partial charge in [-0.1, -0.05) is 35.3 Å². The molecule has 0 amide bonds. The van der Waals surface area contributed by atoms with Crippen molar-refractivity contribution in [1.82, 2.24) is 0 Å². The number of halogens is 3. The molecule has 0 N–H and O–H groups in total. The van der Waals surface area contributed by atoms with Crippen LogP contribution in [0.2, 0.25) is 10.0 Å². The van der Waals surface area contributed by atoms with Crippen molar-refractivity contribution in [2.45, 2.75) is 6.61 Å². The monoisotopic (exact) mass is 579 g/mol. The molecular formula is C24H16Cl2INO4. The maximum Gasteiger partial charge on any atom is 0.363 e. The van der Waals surface area contributed by atoms with Gasteiger partial charge in [-0.3, -0.25) is 0 Å². The zero-order valence-corrected chi connectivity index (χ0v) is 20.4. The number of esters is 1. The molecule has 162 valence electrons. The Morgan fingerprint density at radius 3 is 2.50 bits per heavy atom. The van der Waals surface area contributed by atoms with Crippen LogP contribution in [0.4, 0.5) is 0 Å². The Morgan fingerprint density at radius 2 is 1.78 bits per heavy atom. The van der Waals surface area contributed by atoms with Gasteiger partial charge in [0.1, 0.15) is 6.61 Å². The average Bonchev–Trinajstić information content (AvgIpc) is 3.15. The van der Waals surface area contributed by atoms with E-state index in [2.05, 4.69) is 27.6 Å². The van der Waals surface area contributed by atoms with E-state index in [1.54, 1.807) is 37.5 Å². The number of ether oxygens (including phenoxy) is 3. The van der Waals surface area contributed by atoms with E-state index in [4.69, 9.17) is 37.4 Å². The van der Waals surface area contributed by atoms with E-state index >= 15 is 0 Å². The smallest absolute Gasteiger partial charge is 0.363 e. The van der Waals surface area contributed by atoms with E-state index in [0.29, 0.717) is 28.2 Å². The summed E-state index contributed by atoms with van der Waals surface area (Å²) in [5.41, 5.74) is 2.55. The first-order valence-electron chi connectivity index (χ1n) is 9.46. The lowest BCUT2D eigenvalue weighted by Gasteiger charge is -2.12. The molecule has 0 bridgehead atoms. The second-order valence-corrected chi connectivity index (χ2v) is 8.85. The lowest BCUT2D eigenvalue weighted by Crippen LogP contribution is -2.05. The summed E-state index contributed by atoms with van der Waals surface area (Å²) in [6.45, 7) is 0.295. The van der Waals surface area contributed by atoms with Crippen LogP contribution in [-0.2, 0) is 16.1 Å². The number of methoxy groups -OCH3 is 1. The van der Waals surface area contributed by atoms with Gasteiger partial charge in [0.15, 0.2) is 17.2 Å². The van der Waals surface area contributed by atoms with Gasteiger partial charge in [-0.2, -0.15) is 0 Å². The second-order valence-electron chi connectivity index (χ2n) is 6.79. The number of carbonyl (C=O) groups excluding carboxylic acids is 1. The number of carbonyl (C=O) groups is 1. The molecule has 0 spiro atoms. The molecule has 0 saturated heterocycles. The molecule has 3 aromatic rings. The zero-order valence-electron chi connectivity index (χ0n) is 16.8. The highest BCUT2D eigenvalue weighted by Gasteiger charge is 2.24. The highest BCUT2D eigenvalue weighted by atomic mass is 127. The molecule has 1 aliphatic heterocycles. The number of cyclic esters (lactones) is 1. The molecule has 8 heteroatoms. The Kier molecular flexibility index (Phi) is 7.03. The third kappa shape index (κ3) is 5.26. The Labute approximate surface area is 208 Å². The van der Waals surface area contributed by atoms with Crippen molar-refractivity contribution in [3.63, 3.8) is 0 Å². The summed E-state index contributed by atoms with van der Waals surface area (Å²) in [5.74, 6) is 0.856. The van der Waals surface area contributed by atoms with Crippen molar-refractivity contribution in [1.29, 1.82) is 0 Å². The Hall–Kier alpha value is -2.55. The van der Waals surface area contributed by atoms with Gasteiger partial charge in [0.05, 0.1) is 17.2 Å². The fourth-order valence-electron chi connectivity index (χ4n) is 2.97. The van der Waals surface area contributed by atoms with Crippen molar-refractivity contribution in [3.8, 4) is 11.5 Å². The first-order valence-corrected chi connectivity index (χ1v) is 11.3. The summed E-state index contributed by atoms with van der Waals surface area (Å²) in [5, 5.41) is 0.957. The van der Waals surface area contributed by atoms with Gasteiger partial charge in [0.2, 0.25) is 5.90 Å².